The summed E-state index contributed by atoms with van der Waals surface area (Å²) in [4.78, 5) is 0. The number of para-hydroxylation sites is 1. The first-order valence-corrected chi connectivity index (χ1v) is 7.50. The van der Waals surface area contributed by atoms with Crippen molar-refractivity contribution in [1.82, 2.24) is 0 Å². The molecular weight excluding hydrogens is 316 g/mol. The number of aliphatic hydroxyl groups excluding tert-OH is 1. The molecule has 3 heteroatoms. The smallest absolute Gasteiger partial charge is 0.122 e. The summed E-state index contributed by atoms with van der Waals surface area (Å²) in [7, 11) is 1.68. The van der Waals surface area contributed by atoms with E-state index in [0.717, 1.165) is 28.6 Å². The van der Waals surface area contributed by atoms with Gasteiger partial charge in [-0.1, -0.05) is 52.3 Å². The Balaban J connectivity index is 2.11. The lowest BCUT2D eigenvalue weighted by Gasteiger charge is -2.17. The maximum atomic E-state index is 9.65. The minimum Gasteiger partial charge on any atom is -0.496 e. The van der Waals surface area contributed by atoms with Gasteiger partial charge >= 0.3 is 0 Å². The molecule has 0 bridgehead atoms. The van der Waals surface area contributed by atoms with Crippen molar-refractivity contribution >= 4 is 15.9 Å². The van der Waals surface area contributed by atoms with Crippen LogP contribution in [0.4, 0.5) is 0 Å². The van der Waals surface area contributed by atoms with E-state index in [-0.39, 0.29) is 12.5 Å². The van der Waals surface area contributed by atoms with E-state index in [4.69, 9.17) is 4.74 Å². The van der Waals surface area contributed by atoms with Crippen LogP contribution in [-0.2, 0) is 12.8 Å². The van der Waals surface area contributed by atoms with Crippen LogP contribution in [0.1, 0.15) is 11.1 Å². The fourth-order valence-corrected chi connectivity index (χ4v) is 2.81. The Bertz CT molecular complexity index is 554. The molecule has 0 amide bonds. The monoisotopic (exact) mass is 334 g/mol. The predicted molar refractivity (Wildman–Crippen MR) is 85.1 cm³/mol. The molecule has 0 aliphatic rings. The van der Waals surface area contributed by atoms with E-state index in [9.17, 15) is 5.11 Å². The molecule has 0 radical (unpaired) electrons. The number of aliphatic hydroxyl groups is 1. The van der Waals surface area contributed by atoms with Crippen LogP contribution in [0, 0.1) is 5.92 Å². The quantitative estimate of drug-likeness (QED) is 0.869. The Hall–Kier alpha value is -1.32. The molecule has 106 valence electrons. The molecule has 20 heavy (non-hydrogen) atoms. The molecule has 2 aromatic rings. The summed E-state index contributed by atoms with van der Waals surface area (Å²) in [6.07, 6.45) is 1.65. The van der Waals surface area contributed by atoms with Gasteiger partial charge in [0.1, 0.15) is 5.75 Å². The zero-order chi connectivity index (χ0) is 14.4. The largest absolute Gasteiger partial charge is 0.496 e. The fraction of sp³-hybridized carbons (Fsp3) is 0.294. The predicted octanol–water partition coefficient (Wildman–Crippen LogP) is 3.85. The van der Waals surface area contributed by atoms with E-state index in [0.29, 0.717) is 0 Å². The second-order valence-electron chi connectivity index (χ2n) is 4.86. The van der Waals surface area contributed by atoms with Gasteiger partial charge in [0.05, 0.1) is 7.11 Å². The third kappa shape index (κ3) is 3.84. The molecule has 0 aliphatic heterocycles. The highest BCUT2D eigenvalue weighted by molar-refractivity contribution is 9.10. The topological polar surface area (TPSA) is 29.5 Å². The van der Waals surface area contributed by atoms with Crippen molar-refractivity contribution < 1.29 is 9.84 Å². The summed E-state index contributed by atoms with van der Waals surface area (Å²) >= 11 is 3.56. The first kappa shape index (κ1) is 15.1. The summed E-state index contributed by atoms with van der Waals surface area (Å²) in [6, 6.07) is 16.1. The van der Waals surface area contributed by atoms with E-state index < -0.39 is 0 Å². The number of benzene rings is 2. The van der Waals surface area contributed by atoms with E-state index in [1.807, 2.05) is 36.4 Å². The zero-order valence-electron chi connectivity index (χ0n) is 11.6. The Morgan fingerprint density at radius 3 is 2.25 bits per heavy atom. The minimum atomic E-state index is 0.166. The lowest BCUT2D eigenvalue weighted by molar-refractivity contribution is 0.224. The number of halogens is 1. The van der Waals surface area contributed by atoms with Gasteiger partial charge in [-0.05, 0) is 42.0 Å². The Labute approximate surface area is 128 Å². The number of ether oxygens (including phenoxy) is 1. The molecule has 0 saturated carbocycles. The van der Waals surface area contributed by atoms with Gasteiger partial charge in [-0.2, -0.15) is 0 Å². The molecule has 0 aromatic heterocycles. The summed E-state index contributed by atoms with van der Waals surface area (Å²) < 4.78 is 6.47. The van der Waals surface area contributed by atoms with Gasteiger partial charge in [-0.25, -0.2) is 0 Å². The van der Waals surface area contributed by atoms with Gasteiger partial charge in [-0.15, -0.1) is 0 Å². The molecule has 0 saturated heterocycles. The molecule has 1 unspecified atom stereocenters. The average Bonchev–Trinajstić information content (AvgIpc) is 2.49. The number of hydrogen-bond donors (Lipinski definition) is 1. The van der Waals surface area contributed by atoms with Crippen LogP contribution in [0.5, 0.6) is 5.75 Å². The number of rotatable bonds is 6. The summed E-state index contributed by atoms with van der Waals surface area (Å²) in [5, 5.41) is 9.65. The standard InChI is InChI=1S/C17H19BrO2/c1-20-17-9-5-3-7-15(17)11-13(12-19)10-14-6-2-4-8-16(14)18/h2-9,13,19H,10-12H2,1H3. The Morgan fingerprint density at radius 1 is 1.00 bits per heavy atom. The first-order valence-electron chi connectivity index (χ1n) is 6.70. The summed E-state index contributed by atoms with van der Waals surface area (Å²) in [6.45, 7) is 0.166. The van der Waals surface area contributed by atoms with Crippen molar-refractivity contribution in [2.45, 2.75) is 12.8 Å². The van der Waals surface area contributed by atoms with Gasteiger partial charge in [0, 0.05) is 11.1 Å². The van der Waals surface area contributed by atoms with Crippen LogP contribution in [0.15, 0.2) is 53.0 Å². The van der Waals surface area contributed by atoms with Crippen molar-refractivity contribution in [2.24, 2.45) is 5.92 Å². The molecule has 0 heterocycles. The second kappa shape index (κ2) is 7.46. The highest BCUT2D eigenvalue weighted by Gasteiger charge is 2.13. The van der Waals surface area contributed by atoms with Crippen LogP contribution < -0.4 is 4.74 Å². The fourth-order valence-electron chi connectivity index (χ4n) is 2.36. The van der Waals surface area contributed by atoms with Crippen molar-refractivity contribution in [3.63, 3.8) is 0 Å². The molecule has 0 spiro atoms. The van der Waals surface area contributed by atoms with Crippen LogP contribution in [0.25, 0.3) is 0 Å². The van der Waals surface area contributed by atoms with E-state index in [1.165, 1.54) is 5.56 Å². The molecule has 2 rings (SSSR count). The van der Waals surface area contributed by atoms with Gasteiger partial charge < -0.3 is 9.84 Å². The van der Waals surface area contributed by atoms with Crippen LogP contribution in [-0.4, -0.2) is 18.8 Å². The second-order valence-corrected chi connectivity index (χ2v) is 5.71. The summed E-state index contributed by atoms with van der Waals surface area (Å²) in [5.74, 6) is 1.07. The normalized spacial score (nSPS) is 12.2. The minimum absolute atomic E-state index is 0.166. The molecule has 0 fully saturated rings. The molecular formula is C17H19BrO2. The molecule has 2 nitrogen and oxygen atoms in total. The van der Waals surface area contributed by atoms with E-state index in [2.05, 4.69) is 28.1 Å². The number of hydrogen-bond acceptors (Lipinski definition) is 2. The van der Waals surface area contributed by atoms with Crippen LogP contribution in [0.3, 0.4) is 0 Å². The maximum Gasteiger partial charge on any atom is 0.122 e. The van der Waals surface area contributed by atoms with E-state index in [1.54, 1.807) is 7.11 Å². The maximum absolute atomic E-state index is 9.65. The molecule has 2 aromatic carbocycles. The Morgan fingerprint density at radius 2 is 1.60 bits per heavy atom. The van der Waals surface area contributed by atoms with Gasteiger partial charge in [0.15, 0.2) is 0 Å². The highest BCUT2D eigenvalue weighted by Crippen LogP contribution is 2.25. The van der Waals surface area contributed by atoms with Crippen molar-refractivity contribution in [1.29, 1.82) is 0 Å². The Kier molecular flexibility index (Phi) is 5.62. The van der Waals surface area contributed by atoms with Crippen LogP contribution in [0.2, 0.25) is 0 Å². The SMILES string of the molecule is COc1ccccc1CC(CO)Cc1ccccc1Br. The molecule has 0 aliphatic carbocycles. The third-order valence-electron chi connectivity index (χ3n) is 3.43. The van der Waals surface area contributed by atoms with Gasteiger partial charge in [-0.3, -0.25) is 0 Å². The molecule has 1 atom stereocenters. The average molecular weight is 335 g/mol. The lowest BCUT2D eigenvalue weighted by atomic mass is 9.93. The van der Waals surface area contributed by atoms with Crippen molar-refractivity contribution in [3.8, 4) is 5.75 Å². The highest BCUT2D eigenvalue weighted by atomic mass is 79.9. The first-order chi connectivity index (χ1) is 9.74. The van der Waals surface area contributed by atoms with Gasteiger partial charge in [0.2, 0.25) is 0 Å². The summed E-state index contributed by atoms with van der Waals surface area (Å²) in [5.41, 5.74) is 2.36. The van der Waals surface area contributed by atoms with Crippen molar-refractivity contribution in [3.05, 3.63) is 64.1 Å². The van der Waals surface area contributed by atoms with Gasteiger partial charge in [0.25, 0.3) is 0 Å². The third-order valence-corrected chi connectivity index (χ3v) is 4.20. The van der Waals surface area contributed by atoms with E-state index >= 15 is 0 Å². The van der Waals surface area contributed by atoms with Crippen LogP contribution >= 0.6 is 15.9 Å². The van der Waals surface area contributed by atoms with Crippen molar-refractivity contribution in [2.75, 3.05) is 13.7 Å². The zero-order valence-corrected chi connectivity index (χ0v) is 13.1. The molecule has 1 N–H and O–H groups in total. The lowest BCUT2D eigenvalue weighted by Crippen LogP contribution is -2.13. The number of methoxy groups -OCH3 is 1.